The monoisotopic (exact) mass is 298 g/mol. The van der Waals surface area contributed by atoms with E-state index in [9.17, 15) is 5.11 Å². The third-order valence-corrected chi connectivity index (χ3v) is 4.62. The number of ether oxygens (including phenoxy) is 1. The van der Waals surface area contributed by atoms with Crippen LogP contribution in [0.15, 0.2) is 16.6 Å². The molecule has 0 amide bonds. The molecule has 1 N–H and O–H groups in total. The smallest absolute Gasteiger partial charge is 0.124 e. The molecule has 0 radical (unpaired) electrons. The predicted molar refractivity (Wildman–Crippen MR) is 72.5 cm³/mol. The Kier molecular flexibility index (Phi) is 4.10. The van der Waals surface area contributed by atoms with E-state index >= 15 is 0 Å². The molecule has 0 heterocycles. The maximum absolute atomic E-state index is 9.89. The van der Waals surface area contributed by atoms with Crippen LogP contribution in [0.4, 0.5) is 0 Å². The molecule has 1 fully saturated rings. The second-order valence-corrected chi connectivity index (χ2v) is 5.67. The summed E-state index contributed by atoms with van der Waals surface area (Å²) in [6.45, 7) is 4.11. The number of aryl methyl sites for hydroxylation is 2. The lowest BCUT2D eigenvalue weighted by molar-refractivity contribution is 0.00681. The van der Waals surface area contributed by atoms with Crippen LogP contribution in [-0.4, -0.2) is 17.3 Å². The van der Waals surface area contributed by atoms with Crippen molar-refractivity contribution in [1.82, 2.24) is 0 Å². The topological polar surface area (TPSA) is 29.5 Å². The number of aliphatic hydroxyl groups is 1. The van der Waals surface area contributed by atoms with Crippen LogP contribution in [0.3, 0.4) is 0 Å². The van der Waals surface area contributed by atoms with Crippen LogP contribution < -0.4 is 4.74 Å². The van der Waals surface area contributed by atoms with E-state index in [1.165, 1.54) is 11.1 Å². The van der Waals surface area contributed by atoms with Crippen molar-refractivity contribution >= 4 is 15.9 Å². The van der Waals surface area contributed by atoms with Gasteiger partial charge in [-0.25, -0.2) is 0 Å². The predicted octanol–water partition coefficient (Wildman–Crippen LogP) is 3.75. The Balaban J connectivity index is 2.12. The number of rotatable bonds is 2. The highest BCUT2D eigenvalue weighted by Gasteiger charge is 2.24. The van der Waals surface area contributed by atoms with Gasteiger partial charge in [-0.3, -0.25) is 0 Å². The number of halogens is 1. The summed E-state index contributed by atoms with van der Waals surface area (Å²) in [5.41, 5.74) is 2.34. The van der Waals surface area contributed by atoms with E-state index < -0.39 is 0 Å². The summed E-state index contributed by atoms with van der Waals surface area (Å²) in [4.78, 5) is 0. The van der Waals surface area contributed by atoms with Crippen molar-refractivity contribution in [2.24, 2.45) is 0 Å². The standard InChI is InChI=1S/C14H19BrO2/c1-9-7-11(8-10(2)14(9)15)17-13-6-4-3-5-12(13)16/h7-8,12-13,16H,3-6H2,1-2H3/t12-,13-/m1/s1. The van der Waals surface area contributed by atoms with Crippen molar-refractivity contribution in [3.8, 4) is 5.75 Å². The fraction of sp³-hybridized carbons (Fsp3) is 0.571. The molecule has 1 aliphatic rings. The molecular weight excluding hydrogens is 280 g/mol. The third kappa shape index (κ3) is 3.02. The van der Waals surface area contributed by atoms with E-state index in [1.807, 2.05) is 12.1 Å². The zero-order valence-corrected chi connectivity index (χ0v) is 12.0. The maximum Gasteiger partial charge on any atom is 0.124 e. The van der Waals surface area contributed by atoms with Crippen LogP contribution in [0.1, 0.15) is 36.8 Å². The lowest BCUT2D eigenvalue weighted by atomic mass is 9.95. The van der Waals surface area contributed by atoms with Gasteiger partial charge in [0.05, 0.1) is 6.10 Å². The molecule has 0 spiro atoms. The van der Waals surface area contributed by atoms with Crippen molar-refractivity contribution in [3.05, 3.63) is 27.7 Å². The van der Waals surface area contributed by atoms with Crippen molar-refractivity contribution in [2.75, 3.05) is 0 Å². The van der Waals surface area contributed by atoms with Crippen LogP contribution in [0.5, 0.6) is 5.75 Å². The highest BCUT2D eigenvalue weighted by atomic mass is 79.9. The first-order valence-electron chi connectivity index (χ1n) is 6.19. The van der Waals surface area contributed by atoms with Gasteiger partial charge in [-0.05, 0) is 56.4 Å². The van der Waals surface area contributed by atoms with Gasteiger partial charge < -0.3 is 9.84 Å². The molecule has 0 bridgehead atoms. The second kappa shape index (κ2) is 5.40. The lowest BCUT2D eigenvalue weighted by Gasteiger charge is -2.28. The molecular formula is C14H19BrO2. The molecule has 17 heavy (non-hydrogen) atoms. The van der Waals surface area contributed by atoms with Gasteiger partial charge in [0, 0.05) is 4.47 Å². The van der Waals surface area contributed by atoms with Crippen LogP contribution in [-0.2, 0) is 0 Å². The Morgan fingerprint density at radius 1 is 1.18 bits per heavy atom. The quantitative estimate of drug-likeness (QED) is 0.901. The van der Waals surface area contributed by atoms with Crippen molar-refractivity contribution < 1.29 is 9.84 Å². The Bertz CT molecular complexity index is 380. The third-order valence-electron chi connectivity index (χ3n) is 3.37. The van der Waals surface area contributed by atoms with Gasteiger partial charge in [-0.1, -0.05) is 22.4 Å². The highest BCUT2D eigenvalue weighted by molar-refractivity contribution is 9.10. The van der Waals surface area contributed by atoms with Gasteiger partial charge >= 0.3 is 0 Å². The maximum atomic E-state index is 9.89. The van der Waals surface area contributed by atoms with Crippen molar-refractivity contribution in [3.63, 3.8) is 0 Å². The highest BCUT2D eigenvalue weighted by Crippen LogP contribution is 2.29. The summed E-state index contributed by atoms with van der Waals surface area (Å²) in [5.74, 6) is 0.870. The van der Waals surface area contributed by atoms with Crippen LogP contribution in [0.2, 0.25) is 0 Å². The Hall–Kier alpha value is -0.540. The van der Waals surface area contributed by atoms with E-state index in [4.69, 9.17) is 4.74 Å². The summed E-state index contributed by atoms with van der Waals surface area (Å²) in [6, 6.07) is 4.05. The number of benzene rings is 1. The molecule has 3 heteroatoms. The van der Waals surface area contributed by atoms with Crippen molar-refractivity contribution in [1.29, 1.82) is 0 Å². The first-order valence-corrected chi connectivity index (χ1v) is 6.98. The SMILES string of the molecule is Cc1cc(O[C@@H]2CCCC[C@H]2O)cc(C)c1Br. The van der Waals surface area contributed by atoms with Gasteiger partial charge in [0.1, 0.15) is 11.9 Å². The average molecular weight is 299 g/mol. The van der Waals surface area contributed by atoms with E-state index in [-0.39, 0.29) is 12.2 Å². The zero-order chi connectivity index (χ0) is 12.4. The first kappa shape index (κ1) is 12.9. The van der Waals surface area contributed by atoms with Gasteiger partial charge in [-0.15, -0.1) is 0 Å². The zero-order valence-electron chi connectivity index (χ0n) is 10.4. The molecule has 0 aliphatic heterocycles. The lowest BCUT2D eigenvalue weighted by Crippen LogP contribution is -2.34. The first-order chi connectivity index (χ1) is 8.08. The molecule has 0 saturated heterocycles. The molecule has 1 aromatic rings. The van der Waals surface area contributed by atoms with Crippen LogP contribution >= 0.6 is 15.9 Å². The molecule has 1 aromatic carbocycles. The Morgan fingerprint density at radius 3 is 2.35 bits per heavy atom. The minimum absolute atomic E-state index is 0.0382. The summed E-state index contributed by atoms with van der Waals surface area (Å²) >= 11 is 3.55. The molecule has 2 rings (SSSR count). The van der Waals surface area contributed by atoms with Gasteiger partial charge in [0.2, 0.25) is 0 Å². The Morgan fingerprint density at radius 2 is 1.76 bits per heavy atom. The second-order valence-electron chi connectivity index (χ2n) is 4.88. The summed E-state index contributed by atoms with van der Waals surface area (Å²) < 4.78 is 7.05. The summed E-state index contributed by atoms with van der Waals surface area (Å²) in [7, 11) is 0. The average Bonchev–Trinajstić information content (AvgIpc) is 2.29. The molecule has 0 aromatic heterocycles. The van der Waals surface area contributed by atoms with Crippen LogP contribution in [0, 0.1) is 13.8 Å². The minimum Gasteiger partial charge on any atom is -0.488 e. The fourth-order valence-corrected chi connectivity index (χ4v) is 2.59. The van der Waals surface area contributed by atoms with E-state index in [0.717, 1.165) is 35.9 Å². The number of hydrogen-bond donors (Lipinski definition) is 1. The van der Waals surface area contributed by atoms with Crippen LogP contribution in [0.25, 0.3) is 0 Å². The summed E-state index contributed by atoms with van der Waals surface area (Å²) in [6.07, 6.45) is 3.72. The van der Waals surface area contributed by atoms with Gasteiger partial charge in [-0.2, -0.15) is 0 Å². The molecule has 0 unspecified atom stereocenters. The number of hydrogen-bond acceptors (Lipinski definition) is 2. The van der Waals surface area contributed by atoms with Gasteiger partial charge in [0.25, 0.3) is 0 Å². The normalized spacial score (nSPS) is 24.7. The van der Waals surface area contributed by atoms with E-state index in [0.29, 0.717) is 0 Å². The van der Waals surface area contributed by atoms with Gasteiger partial charge in [0.15, 0.2) is 0 Å². The molecule has 2 atom stereocenters. The number of aliphatic hydroxyl groups excluding tert-OH is 1. The molecule has 1 saturated carbocycles. The largest absolute Gasteiger partial charge is 0.488 e. The minimum atomic E-state index is -0.312. The van der Waals surface area contributed by atoms with E-state index in [2.05, 4.69) is 29.8 Å². The summed E-state index contributed by atoms with van der Waals surface area (Å²) in [5, 5.41) is 9.89. The molecule has 94 valence electrons. The van der Waals surface area contributed by atoms with Crippen molar-refractivity contribution in [2.45, 2.75) is 51.7 Å². The molecule has 1 aliphatic carbocycles. The Labute approximate surface area is 111 Å². The van der Waals surface area contributed by atoms with E-state index in [1.54, 1.807) is 0 Å². The molecule has 2 nitrogen and oxygen atoms in total. The fourth-order valence-electron chi connectivity index (χ4n) is 2.36.